The van der Waals surface area contributed by atoms with Crippen LogP contribution in [0, 0.1) is 5.82 Å². The second-order valence-electron chi connectivity index (χ2n) is 4.13. The fraction of sp³-hybridized carbons (Fsp3) is 0.133. The molecule has 0 radical (unpaired) electrons. The van der Waals surface area contributed by atoms with Gasteiger partial charge < -0.3 is 15.4 Å². The van der Waals surface area contributed by atoms with E-state index in [1.54, 1.807) is 13.2 Å². The molecule has 0 spiro atoms. The number of halogens is 1. The maximum atomic E-state index is 13.0. The Labute approximate surface area is 116 Å². The van der Waals surface area contributed by atoms with Crippen molar-refractivity contribution in [3.63, 3.8) is 0 Å². The fourth-order valence-electron chi connectivity index (χ4n) is 1.77. The van der Waals surface area contributed by atoms with Crippen molar-refractivity contribution < 1.29 is 13.9 Å². The van der Waals surface area contributed by atoms with E-state index in [2.05, 4.69) is 10.6 Å². The van der Waals surface area contributed by atoms with E-state index in [-0.39, 0.29) is 0 Å². The molecule has 0 aromatic heterocycles. The van der Waals surface area contributed by atoms with Gasteiger partial charge in [0.2, 0.25) is 0 Å². The first kappa shape index (κ1) is 13.9. The predicted molar refractivity (Wildman–Crippen MR) is 75.3 cm³/mol. The van der Waals surface area contributed by atoms with E-state index in [4.69, 9.17) is 4.74 Å². The van der Waals surface area contributed by atoms with Crippen molar-refractivity contribution in [3.8, 4) is 5.75 Å². The van der Waals surface area contributed by atoms with Gasteiger partial charge in [0.1, 0.15) is 11.6 Å². The standard InChI is InChI=1S/C15H15FN2O2/c1-20-14-8-3-2-5-11(14)10-17-15(19)18-13-7-4-6-12(16)9-13/h2-9H,10H2,1H3,(H2,17,18,19). The third-order valence-electron chi connectivity index (χ3n) is 2.71. The molecule has 0 aliphatic heterocycles. The third-order valence-corrected chi connectivity index (χ3v) is 2.71. The largest absolute Gasteiger partial charge is 0.496 e. The van der Waals surface area contributed by atoms with Crippen LogP contribution in [0.15, 0.2) is 48.5 Å². The lowest BCUT2D eigenvalue weighted by atomic mass is 10.2. The Hall–Kier alpha value is -2.56. The number of hydrogen-bond acceptors (Lipinski definition) is 2. The van der Waals surface area contributed by atoms with Gasteiger partial charge in [-0.2, -0.15) is 0 Å². The molecule has 20 heavy (non-hydrogen) atoms. The Bertz CT molecular complexity index is 602. The summed E-state index contributed by atoms with van der Waals surface area (Å²) in [6, 6.07) is 12.7. The number of hydrogen-bond donors (Lipinski definition) is 2. The van der Waals surface area contributed by atoms with Crippen LogP contribution in [0.2, 0.25) is 0 Å². The van der Waals surface area contributed by atoms with Gasteiger partial charge in [-0.3, -0.25) is 0 Å². The van der Waals surface area contributed by atoms with E-state index in [1.807, 2.05) is 24.3 Å². The van der Waals surface area contributed by atoms with Gasteiger partial charge in [0.15, 0.2) is 0 Å². The topological polar surface area (TPSA) is 50.4 Å². The summed E-state index contributed by atoms with van der Waals surface area (Å²) < 4.78 is 18.2. The molecule has 2 N–H and O–H groups in total. The molecule has 2 amide bonds. The summed E-state index contributed by atoms with van der Waals surface area (Å²) in [5.41, 5.74) is 1.27. The zero-order valence-electron chi connectivity index (χ0n) is 11.0. The van der Waals surface area contributed by atoms with Crippen molar-refractivity contribution in [2.45, 2.75) is 6.54 Å². The van der Waals surface area contributed by atoms with E-state index in [0.717, 1.165) is 5.56 Å². The van der Waals surface area contributed by atoms with Crippen molar-refractivity contribution in [3.05, 3.63) is 59.9 Å². The second-order valence-corrected chi connectivity index (χ2v) is 4.13. The molecule has 0 fully saturated rings. The highest BCUT2D eigenvalue weighted by Crippen LogP contribution is 2.16. The number of amides is 2. The van der Waals surface area contributed by atoms with Gasteiger partial charge in [-0.15, -0.1) is 0 Å². The number of para-hydroxylation sites is 1. The van der Waals surface area contributed by atoms with Crippen LogP contribution in [0.4, 0.5) is 14.9 Å². The number of rotatable bonds is 4. The number of nitrogens with one attached hydrogen (secondary N) is 2. The first-order valence-corrected chi connectivity index (χ1v) is 6.11. The zero-order valence-corrected chi connectivity index (χ0v) is 11.0. The molecule has 104 valence electrons. The predicted octanol–water partition coefficient (Wildman–Crippen LogP) is 3.16. The summed E-state index contributed by atoms with van der Waals surface area (Å²) in [5.74, 6) is 0.311. The molecule has 0 heterocycles. The number of ether oxygens (including phenoxy) is 1. The number of urea groups is 1. The molecular weight excluding hydrogens is 259 g/mol. The van der Waals surface area contributed by atoms with E-state index < -0.39 is 11.8 Å². The molecule has 2 aromatic carbocycles. The average Bonchev–Trinajstić information content (AvgIpc) is 2.45. The van der Waals surface area contributed by atoms with Crippen LogP contribution < -0.4 is 15.4 Å². The molecule has 0 saturated carbocycles. The van der Waals surface area contributed by atoms with Crippen LogP contribution in [-0.4, -0.2) is 13.1 Å². The fourth-order valence-corrected chi connectivity index (χ4v) is 1.77. The molecule has 0 bridgehead atoms. The van der Waals surface area contributed by atoms with E-state index >= 15 is 0 Å². The molecule has 0 aliphatic rings. The quantitative estimate of drug-likeness (QED) is 0.899. The second kappa shape index (κ2) is 6.56. The number of methoxy groups -OCH3 is 1. The highest BCUT2D eigenvalue weighted by atomic mass is 19.1. The SMILES string of the molecule is COc1ccccc1CNC(=O)Nc1cccc(F)c1. The van der Waals surface area contributed by atoms with Crippen molar-refractivity contribution in [1.29, 1.82) is 0 Å². The average molecular weight is 274 g/mol. The lowest BCUT2D eigenvalue weighted by molar-refractivity contribution is 0.251. The minimum Gasteiger partial charge on any atom is -0.496 e. The summed E-state index contributed by atoms with van der Waals surface area (Å²) in [7, 11) is 1.58. The van der Waals surface area contributed by atoms with Gasteiger partial charge in [0.25, 0.3) is 0 Å². The van der Waals surface area contributed by atoms with Crippen LogP contribution in [0.5, 0.6) is 5.75 Å². The van der Waals surface area contributed by atoms with Gasteiger partial charge in [0, 0.05) is 17.8 Å². The van der Waals surface area contributed by atoms with Gasteiger partial charge in [0.05, 0.1) is 7.11 Å². The van der Waals surface area contributed by atoms with Crippen molar-refractivity contribution >= 4 is 11.7 Å². The monoisotopic (exact) mass is 274 g/mol. The summed E-state index contributed by atoms with van der Waals surface area (Å²) in [4.78, 5) is 11.7. The Morgan fingerprint density at radius 3 is 2.75 bits per heavy atom. The lowest BCUT2D eigenvalue weighted by Crippen LogP contribution is -2.28. The van der Waals surface area contributed by atoms with Crippen molar-refractivity contribution in [2.24, 2.45) is 0 Å². The lowest BCUT2D eigenvalue weighted by Gasteiger charge is -2.10. The normalized spacial score (nSPS) is 9.90. The number of benzene rings is 2. The minimum absolute atomic E-state index is 0.325. The summed E-state index contributed by atoms with van der Waals surface area (Å²) in [6.07, 6.45) is 0. The Morgan fingerprint density at radius 2 is 2.00 bits per heavy atom. The summed E-state index contributed by atoms with van der Waals surface area (Å²) in [6.45, 7) is 0.325. The molecule has 2 rings (SSSR count). The van der Waals surface area contributed by atoms with Crippen LogP contribution in [0.25, 0.3) is 0 Å². The summed E-state index contributed by atoms with van der Waals surface area (Å²) >= 11 is 0. The first-order chi connectivity index (χ1) is 9.69. The Kier molecular flexibility index (Phi) is 4.55. The van der Waals surface area contributed by atoms with Gasteiger partial charge >= 0.3 is 6.03 Å². The van der Waals surface area contributed by atoms with Crippen LogP contribution in [-0.2, 0) is 6.54 Å². The molecule has 4 nitrogen and oxygen atoms in total. The Morgan fingerprint density at radius 1 is 1.20 bits per heavy atom. The highest BCUT2D eigenvalue weighted by Gasteiger charge is 2.05. The van der Waals surface area contributed by atoms with Crippen LogP contribution in [0.3, 0.4) is 0 Å². The maximum absolute atomic E-state index is 13.0. The van der Waals surface area contributed by atoms with E-state index in [0.29, 0.717) is 18.0 Å². The summed E-state index contributed by atoms with van der Waals surface area (Å²) in [5, 5.41) is 5.25. The molecule has 2 aromatic rings. The van der Waals surface area contributed by atoms with Crippen LogP contribution >= 0.6 is 0 Å². The maximum Gasteiger partial charge on any atom is 0.319 e. The van der Waals surface area contributed by atoms with Gasteiger partial charge in [-0.05, 0) is 24.3 Å². The van der Waals surface area contributed by atoms with Gasteiger partial charge in [-0.1, -0.05) is 24.3 Å². The Balaban J connectivity index is 1.92. The highest BCUT2D eigenvalue weighted by molar-refractivity contribution is 5.89. The molecule has 0 aliphatic carbocycles. The minimum atomic E-state index is -0.401. The van der Waals surface area contributed by atoms with E-state index in [1.165, 1.54) is 18.2 Å². The van der Waals surface area contributed by atoms with Gasteiger partial charge in [-0.25, -0.2) is 9.18 Å². The number of anilines is 1. The third kappa shape index (κ3) is 3.71. The first-order valence-electron chi connectivity index (χ1n) is 6.11. The number of carbonyl (C=O) groups is 1. The van der Waals surface area contributed by atoms with Crippen LogP contribution in [0.1, 0.15) is 5.56 Å². The number of carbonyl (C=O) groups excluding carboxylic acids is 1. The molecule has 0 unspecified atom stereocenters. The molecule has 5 heteroatoms. The molecule has 0 saturated heterocycles. The molecule has 0 atom stereocenters. The van der Waals surface area contributed by atoms with Crippen molar-refractivity contribution in [1.82, 2.24) is 5.32 Å². The van der Waals surface area contributed by atoms with E-state index in [9.17, 15) is 9.18 Å². The smallest absolute Gasteiger partial charge is 0.319 e. The van der Waals surface area contributed by atoms with Crippen molar-refractivity contribution in [2.75, 3.05) is 12.4 Å². The molecular formula is C15H15FN2O2. The zero-order chi connectivity index (χ0) is 14.4.